The van der Waals surface area contributed by atoms with Crippen molar-refractivity contribution in [3.63, 3.8) is 0 Å². The van der Waals surface area contributed by atoms with Crippen molar-refractivity contribution in [1.29, 1.82) is 0 Å². The van der Waals surface area contributed by atoms with Gasteiger partial charge in [0.1, 0.15) is 12.1 Å². The number of carbonyl (C=O) groups is 3. The molecule has 10 heteroatoms. The minimum absolute atomic E-state index is 0. The minimum Gasteiger partial charge on any atom is -0.391 e. The van der Waals surface area contributed by atoms with Gasteiger partial charge in [0.15, 0.2) is 0 Å². The second-order valence-corrected chi connectivity index (χ2v) is 6.90. The van der Waals surface area contributed by atoms with Gasteiger partial charge in [-0.15, -0.1) is 0 Å². The lowest BCUT2D eigenvalue weighted by Gasteiger charge is -2.14. The summed E-state index contributed by atoms with van der Waals surface area (Å²) in [7, 11) is 0. The van der Waals surface area contributed by atoms with Crippen molar-refractivity contribution in [3.05, 3.63) is 65.2 Å². The zero-order valence-electron chi connectivity index (χ0n) is 17.3. The lowest BCUT2D eigenvalue weighted by atomic mass is 10.1. The van der Waals surface area contributed by atoms with Crippen LogP contribution in [0.5, 0.6) is 0 Å². The molecule has 0 saturated carbocycles. The van der Waals surface area contributed by atoms with Crippen molar-refractivity contribution >= 4 is 23.4 Å². The van der Waals surface area contributed by atoms with Crippen molar-refractivity contribution in [2.24, 2.45) is 11.5 Å². The van der Waals surface area contributed by atoms with Crippen molar-refractivity contribution in [2.75, 3.05) is 11.9 Å². The van der Waals surface area contributed by atoms with E-state index in [2.05, 4.69) is 22.5 Å². The number of nitrogens with two attached hydrogens (primary N) is 2. The Labute approximate surface area is 192 Å². The Morgan fingerprint density at radius 3 is 1.94 bits per heavy atom. The molecular weight excluding hydrogens is 426 g/mol. The second kappa shape index (κ2) is 12.9. The molecule has 0 fully saturated rings. The molecule has 2 aromatic carbocycles. The van der Waals surface area contributed by atoms with Gasteiger partial charge in [-0.2, -0.15) is 0 Å². The summed E-state index contributed by atoms with van der Waals surface area (Å²) in [4.78, 5) is 35.5. The number of hydrogen-bond acceptors (Lipinski definition) is 7. The molecule has 0 bridgehead atoms. The van der Waals surface area contributed by atoms with E-state index in [-0.39, 0.29) is 14.0 Å². The number of nitrogens with one attached hydrogen (secondary N) is 3. The summed E-state index contributed by atoms with van der Waals surface area (Å²) in [5.41, 5.74) is 14.6. The summed E-state index contributed by atoms with van der Waals surface area (Å²) >= 11 is 0. The van der Waals surface area contributed by atoms with Crippen molar-refractivity contribution in [3.8, 4) is 11.8 Å². The van der Waals surface area contributed by atoms with Gasteiger partial charge < -0.3 is 27.2 Å². The number of rotatable bonds is 7. The Morgan fingerprint density at radius 2 is 1.48 bits per heavy atom. The fourth-order valence-electron chi connectivity index (χ4n) is 2.48. The molecule has 33 heavy (non-hydrogen) atoms. The summed E-state index contributed by atoms with van der Waals surface area (Å²) < 4.78 is 0. The summed E-state index contributed by atoms with van der Waals surface area (Å²) in [6.45, 7) is 1.27. The van der Waals surface area contributed by atoms with Crippen LogP contribution in [0.15, 0.2) is 48.5 Å². The van der Waals surface area contributed by atoms with Crippen LogP contribution in [0.1, 0.15) is 35.8 Å². The Balaban J connectivity index is 0.00000544. The van der Waals surface area contributed by atoms with Crippen LogP contribution in [0.3, 0.4) is 0 Å². The van der Waals surface area contributed by atoms with Crippen LogP contribution >= 0.6 is 0 Å². The highest BCUT2D eigenvalue weighted by molar-refractivity contribution is 5.97. The minimum atomic E-state index is -1.05. The van der Waals surface area contributed by atoms with E-state index in [9.17, 15) is 19.5 Å². The maximum atomic E-state index is 12.2. The molecular formula is C23H29N5O5. The first kappa shape index (κ1) is 27.3. The van der Waals surface area contributed by atoms with E-state index in [4.69, 9.17) is 16.7 Å². The molecule has 0 saturated heterocycles. The van der Waals surface area contributed by atoms with Gasteiger partial charge in [-0.25, -0.2) is 5.48 Å². The quantitative estimate of drug-likeness (QED) is 0.173. The third-order valence-corrected chi connectivity index (χ3v) is 4.44. The van der Waals surface area contributed by atoms with E-state index >= 15 is 0 Å². The molecule has 0 aromatic heterocycles. The van der Waals surface area contributed by atoms with Crippen LogP contribution in [-0.4, -0.2) is 52.8 Å². The largest absolute Gasteiger partial charge is 0.391 e. The van der Waals surface area contributed by atoms with Gasteiger partial charge in [-0.05, 0) is 55.5 Å². The number of carbonyl (C=O) groups excluding carboxylic acids is 3. The van der Waals surface area contributed by atoms with Gasteiger partial charge in [0.05, 0.1) is 6.10 Å². The van der Waals surface area contributed by atoms with Gasteiger partial charge in [-0.1, -0.05) is 19.3 Å². The van der Waals surface area contributed by atoms with Crippen LogP contribution in [0.25, 0.3) is 0 Å². The Bertz CT molecular complexity index is 1010. The van der Waals surface area contributed by atoms with E-state index in [1.54, 1.807) is 48.5 Å². The molecule has 0 aliphatic carbocycles. The number of amides is 3. The Kier molecular flexibility index (Phi) is 10.7. The summed E-state index contributed by atoms with van der Waals surface area (Å²) in [5, 5.41) is 23.0. The molecule has 0 spiro atoms. The standard InChI is InChI=1S/C22H25N5O5.CH4/c1-13(28)19(24)22(31)25-17-10-6-15(7-11-17)3-2-14-4-8-16(9-5-14)20(29)26-18(12-23)21(30)27-32;/h4-11,13,18-19,28,32H,12,23-24H2,1H3,(H,25,31)(H,26,29)(H,27,30);1H4/t13-,18+,19+;/m1./s1. The van der Waals surface area contributed by atoms with Gasteiger partial charge in [0.2, 0.25) is 5.91 Å². The van der Waals surface area contributed by atoms with Gasteiger partial charge in [-0.3, -0.25) is 19.6 Å². The molecule has 10 nitrogen and oxygen atoms in total. The molecule has 3 atom stereocenters. The maximum Gasteiger partial charge on any atom is 0.267 e. The van der Waals surface area contributed by atoms with E-state index in [1.807, 2.05) is 0 Å². The van der Waals surface area contributed by atoms with Crippen LogP contribution in [0.4, 0.5) is 5.69 Å². The summed E-state index contributed by atoms with van der Waals surface area (Å²) in [6, 6.07) is 11.1. The Morgan fingerprint density at radius 1 is 0.970 bits per heavy atom. The molecule has 9 N–H and O–H groups in total. The molecule has 2 aromatic rings. The van der Waals surface area contributed by atoms with Gasteiger partial charge in [0.25, 0.3) is 11.8 Å². The number of aliphatic hydroxyl groups excluding tert-OH is 1. The zero-order valence-corrected chi connectivity index (χ0v) is 17.3. The maximum absolute atomic E-state index is 12.2. The predicted molar refractivity (Wildman–Crippen MR) is 124 cm³/mol. The Hall–Kier alpha value is -3.75. The molecule has 3 amide bonds. The summed E-state index contributed by atoms with van der Waals surface area (Å²) in [6.07, 6.45) is -0.959. The van der Waals surface area contributed by atoms with Crippen molar-refractivity contribution < 1.29 is 24.7 Å². The highest BCUT2D eigenvalue weighted by Gasteiger charge is 2.19. The third kappa shape index (κ3) is 8.03. The molecule has 2 rings (SSSR count). The average Bonchev–Trinajstić information content (AvgIpc) is 2.81. The average molecular weight is 456 g/mol. The van der Waals surface area contributed by atoms with Crippen LogP contribution in [0.2, 0.25) is 0 Å². The topological polar surface area (TPSA) is 180 Å². The molecule has 0 heterocycles. The first-order valence-corrected chi connectivity index (χ1v) is 9.66. The van der Waals surface area contributed by atoms with Crippen LogP contribution in [0, 0.1) is 11.8 Å². The molecule has 0 radical (unpaired) electrons. The molecule has 0 aliphatic rings. The molecule has 176 valence electrons. The monoisotopic (exact) mass is 455 g/mol. The fraction of sp³-hybridized carbons (Fsp3) is 0.261. The number of hydrogen-bond donors (Lipinski definition) is 7. The SMILES string of the molecule is C.C[C@@H](O)[C@H](N)C(=O)Nc1ccc(C#Cc2ccc(C(=O)N[C@@H](CN)C(=O)NO)cc2)cc1. The first-order valence-electron chi connectivity index (χ1n) is 9.66. The van der Waals surface area contributed by atoms with Gasteiger partial charge >= 0.3 is 0 Å². The van der Waals surface area contributed by atoms with E-state index in [1.165, 1.54) is 12.4 Å². The van der Waals surface area contributed by atoms with E-state index < -0.39 is 35.9 Å². The lowest BCUT2D eigenvalue weighted by molar-refractivity contribution is -0.130. The fourth-order valence-corrected chi connectivity index (χ4v) is 2.48. The zero-order chi connectivity index (χ0) is 23.7. The highest BCUT2D eigenvalue weighted by atomic mass is 16.5. The molecule has 0 aliphatic heterocycles. The first-order chi connectivity index (χ1) is 15.2. The van der Waals surface area contributed by atoms with Crippen LogP contribution in [-0.2, 0) is 9.59 Å². The normalized spacial score (nSPS) is 12.6. The van der Waals surface area contributed by atoms with Crippen molar-refractivity contribution in [1.82, 2.24) is 10.8 Å². The lowest BCUT2D eigenvalue weighted by Crippen LogP contribution is -2.50. The number of anilines is 1. The number of aliphatic hydroxyl groups is 1. The highest BCUT2D eigenvalue weighted by Crippen LogP contribution is 2.10. The van der Waals surface area contributed by atoms with E-state index in [0.717, 1.165) is 0 Å². The smallest absolute Gasteiger partial charge is 0.267 e. The predicted octanol–water partition coefficient (Wildman–Crippen LogP) is -0.0684. The number of benzene rings is 2. The third-order valence-electron chi connectivity index (χ3n) is 4.44. The second-order valence-electron chi connectivity index (χ2n) is 6.90. The van der Waals surface area contributed by atoms with E-state index in [0.29, 0.717) is 22.4 Å². The molecule has 0 unspecified atom stereocenters. The van der Waals surface area contributed by atoms with Crippen molar-refractivity contribution in [2.45, 2.75) is 32.5 Å². The summed E-state index contributed by atoms with van der Waals surface area (Å²) in [5.74, 6) is 4.12. The number of hydroxylamine groups is 1. The van der Waals surface area contributed by atoms with Gasteiger partial charge in [0, 0.05) is 28.9 Å². The van der Waals surface area contributed by atoms with Crippen LogP contribution < -0.4 is 27.6 Å².